The number of anilines is 1. The van der Waals surface area contributed by atoms with Gasteiger partial charge in [-0.15, -0.1) is 0 Å². The van der Waals surface area contributed by atoms with Crippen molar-refractivity contribution in [1.82, 2.24) is 5.32 Å². The first-order valence-electron chi connectivity index (χ1n) is 5.45. The molecule has 11 heteroatoms. The lowest BCUT2D eigenvalue weighted by molar-refractivity contribution is -0.140. The van der Waals surface area contributed by atoms with Crippen molar-refractivity contribution in [1.29, 1.82) is 0 Å². The predicted octanol–water partition coefficient (Wildman–Crippen LogP) is 2.29. The fraction of sp³-hybridized carbons (Fsp3) is 0.200. The third-order valence-corrected chi connectivity index (χ3v) is 3.58. The fourth-order valence-electron chi connectivity index (χ4n) is 1.49. The maximum absolute atomic E-state index is 11.8. The number of amides is 2. The van der Waals surface area contributed by atoms with E-state index in [1.54, 1.807) is 0 Å². The minimum atomic E-state index is -1.43. The van der Waals surface area contributed by atoms with Crippen molar-refractivity contribution in [3.63, 3.8) is 0 Å². The molecule has 1 aromatic carbocycles. The molecule has 0 fully saturated rings. The van der Waals surface area contributed by atoms with E-state index in [1.165, 1.54) is 6.07 Å². The van der Waals surface area contributed by atoms with E-state index in [0.717, 1.165) is 11.4 Å². The first-order valence-corrected chi connectivity index (χ1v) is 6.94. The number of hydrogen-bond donors (Lipinski definition) is 4. The van der Waals surface area contributed by atoms with Gasteiger partial charge in [0.2, 0.25) is 0 Å². The number of fused-ring (bicyclic) bond motifs is 1. The molecule has 1 aliphatic heterocycles. The van der Waals surface area contributed by atoms with Gasteiger partial charge in [-0.05, 0) is 6.07 Å². The molecule has 2 rings (SSSR count). The van der Waals surface area contributed by atoms with E-state index in [1.807, 2.05) is 0 Å². The molecule has 1 aromatic rings. The van der Waals surface area contributed by atoms with Crippen molar-refractivity contribution in [2.24, 2.45) is 8.73 Å². The molecule has 2 amide bonds. The standard InChI is InChI=1S/C10H8Cl2N4O4S/c11-3-1-4(12)7-8(16-21-15-7)6(3)14-10(20)13-5(2-17)9(18)19/h1,5,17H,2H2,(H,18,19)(H2,13,14,20)/t5-/m0/s1. The smallest absolute Gasteiger partial charge is 0.328 e. The first kappa shape index (κ1) is 15.7. The molecule has 0 unspecified atom stereocenters. The Balaban J connectivity index is 2.21. The molecule has 0 aliphatic carbocycles. The number of aliphatic carboxylic acids is 1. The van der Waals surface area contributed by atoms with E-state index in [0.29, 0.717) is 11.4 Å². The van der Waals surface area contributed by atoms with Gasteiger partial charge in [0.15, 0.2) is 6.04 Å². The summed E-state index contributed by atoms with van der Waals surface area (Å²) in [6.45, 7) is -0.745. The molecule has 4 N–H and O–H groups in total. The average molecular weight is 351 g/mol. The fourth-order valence-corrected chi connectivity index (χ4v) is 2.65. The van der Waals surface area contributed by atoms with Gasteiger partial charge in [-0.2, -0.15) is 8.73 Å². The number of carboxylic acids is 1. The topological polar surface area (TPSA) is 123 Å². The summed E-state index contributed by atoms with van der Waals surface area (Å²) in [5, 5.41) is 22.5. The number of halogens is 2. The van der Waals surface area contributed by atoms with Gasteiger partial charge in [0.25, 0.3) is 0 Å². The highest BCUT2D eigenvalue weighted by Gasteiger charge is 2.23. The Morgan fingerprint density at radius 3 is 2.57 bits per heavy atom. The van der Waals surface area contributed by atoms with Crippen LogP contribution in [0.5, 0.6) is 0 Å². The SMILES string of the molecule is O=C(Nc1c(Cl)cc(Cl)c2c1N=S=N2)N[C@@H](CO)C(=O)O. The highest BCUT2D eigenvalue weighted by atomic mass is 35.5. The van der Waals surface area contributed by atoms with Crippen molar-refractivity contribution >= 4 is 63.6 Å². The van der Waals surface area contributed by atoms with Crippen LogP contribution in [0.15, 0.2) is 14.8 Å². The van der Waals surface area contributed by atoms with Crippen molar-refractivity contribution in [3.05, 3.63) is 16.1 Å². The summed E-state index contributed by atoms with van der Waals surface area (Å²) in [5.41, 5.74) is 0.825. The molecule has 8 nitrogen and oxygen atoms in total. The Bertz CT molecular complexity index is 690. The van der Waals surface area contributed by atoms with E-state index < -0.39 is 24.6 Å². The summed E-state index contributed by atoms with van der Waals surface area (Å²) < 4.78 is 7.95. The van der Waals surface area contributed by atoms with E-state index in [9.17, 15) is 9.59 Å². The Morgan fingerprint density at radius 1 is 1.29 bits per heavy atom. The molecule has 1 heterocycles. The Morgan fingerprint density at radius 2 is 1.95 bits per heavy atom. The number of nitrogens with one attached hydrogen (secondary N) is 2. The lowest BCUT2D eigenvalue weighted by atomic mass is 10.2. The molecule has 0 spiro atoms. The minimum absolute atomic E-state index is 0.131. The lowest BCUT2D eigenvalue weighted by Gasteiger charge is -2.14. The lowest BCUT2D eigenvalue weighted by Crippen LogP contribution is -2.45. The molecule has 1 atom stereocenters. The number of urea groups is 1. The maximum atomic E-state index is 11.8. The zero-order valence-corrected chi connectivity index (χ0v) is 12.5. The van der Waals surface area contributed by atoms with Crippen molar-refractivity contribution in [2.45, 2.75) is 6.04 Å². The van der Waals surface area contributed by atoms with Gasteiger partial charge < -0.3 is 20.8 Å². The number of carbonyl (C=O) groups is 2. The number of nitrogens with zero attached hydrogens (tertiary/aromatic N) is 2. The summed E-state index contributed by atoms with van der Waals surface area (Å²) in [5.74, 6) is -1.37. The van der Waals surface area contributed by atoms with Crippen LogP contribution < -0.4 is 10.6 Å². The second kappa shape index (κ2) is 6.39. The Kier molecular flexibility index (Phi) is 4.78. The summed E-state index contributed by atoms with van der Waals surface area (Å²) in [7, 11) is 0. The van der Waals surface area contributed by atoms with E-state index in [-0.39, 0.29) is 15.7 Å². The highest BCUT2D eigenvalue weighted by Crippen LogP contribution is 2.47. The van der Waals surface area contributed by atoms with Crippen LogP contribution >= 0.6 is 23.2 Å². The second-order valence-corrected chi connectivity index (χ2v) is 5.19. The molecular weight excluding hydrogens is 343 g/mol. The molecule has 0 saturated heterocycles. The molecule has 21 heavy (non-hydrogen) atoms. The largest absolute Gasteiger partial charge is 0.480 e. The normalized spacial score (nSPS) is 13.3. The van der Waals surface area contributed by atoms with Crippen LogP contribution in [0.1, 0.15) is 0 Å². The van der Waals surface area contributed by atoms with Crippen LogP contribution in [-0.2, 0) is 16.1 Å². The Hall–Kier alpha value is -1.68. The van der Waals surface area contributed by atoms with Crippen LogP contribution in [0.25, 0.3) is 0 Å². The number of aliphatic hydroxyl groups excluding tert-OH is 1. The summed E-state index contributed by atoms with van der Waals surface area (Å²) in [6, 6.07) is -0.890. The van der Waals surface area contributed by atoms with Crippen LogP contribution in [0.2, 0.25) is 10.0 Å². The number of hydrogen-bond acceptors (Lipinski definition) is 5. The van der Waals surface area contributed by atoms with Crippen LogP contribution in [0, 0.1) is 0 Å². The van der Waals surface area contributed by atoms with Crippen molar-refractivity contribution < 1.29 is 19.8 Å². The van der Waals surface area contributed by atoms with E-state index >= 15 is 0 Å². The van der Waals surface area contributed by atoms with Crippen molar-refractivity contribution in [3.8, 4) is 0 Å². The van der Waals surface area contributed by atoms with Crippen LogP contribution in [0.4, 0.5) is 21.9 Å². The van der Waals surface area contributed by atoms with Gasteiger partial charge in [0.05, 0.1) is 33.7 Å². The molecule has 0 saturated carbocycles. The zero-order chi connectivity index (χ0) is 15.6. The monoisotopic (exact) mass is 350 g/mol. The number of carboxylic acid groups (broad SMARTS) is 1. The number of rotatable bonds is 4. The third kappa shape index (κ3) is 3.32. The van der Waals surface area contributed by atoms with E-state index in [2.05, 4.69) is 19.4 Å². The maximum Gasteiger partial charge on any atom is 0.328 e. The van der Waals surface area contributed by atoms with Gasteiger partial charge in [0.1, 0.15) is 11.4 Å². The average Bonchev–Trinajstić information content (AvgIpc) is 2.90. The van der Waals surface area contributed by atoms with Crippen molar-refractivity contribution in [2.75, 3.05) is 11.9 Å². The van der Waals surface area contributed by atoms with Gasteiger partial charge >= 0.3 is 12.0 Å². The summed E-state index contributed by atoms with van der Waals surface area (Å²) in [4.78, 5) is 22.5. The molecule has 0 radical (unpaired) electrons. The highest BCUT2D eigenvalue weighted by molar-refractivity contribution is 7.58. The van der Waals surface area contributed by atoms with Crippen LogP contribution in [0.3, 0.4) is 0 Å². The quantitative estimate of drug-likeness (QED) is 0.675. The van der Waals surface area contributed by atoms with Gasteiger partial charge in [-0.3, -0.25) is 0 Å². The minimum Gasteiger partial charge on any atom is -0.480 e. The molecule has 1 aliphatic rings. The third-order valence-electron chi connectivity index (χ3n) is 2.47. The van der Waals surface area contributed by atoms with Gasteiger partial charge in [-0.1, -0.05) is 23.2 Å². The predicted molar refractivity (Wildman–Crippen MR) is 78.7 cm³/mol. The number of aliphatic hydroxyl groups is 1. The number of carbonyl (C=O) groups excluding carboxylic acids is 1. The molecule has 112 valence electrons. The second-order valence-electron chi connectivity index (χ2n) is 3.85. The molecule has 0 aromatic heterocycles. The number of benzene rings is 1. The molecular formula is C10H8Cl2N4O4S. The van der Waals surface area contributed by atoms with Crippen LogP contribution in [-0.4, -0.2) is 34.9 Å². The summed E-state index contributed by atoms with van der Waals surface area (Å²) >= 11 is 12.8. The van der Waals surface area contributed by atoms with Gasteiger partial charge in [0, 0.05) is 0 Å². The van der Waals surface area contributed by atoms with E-state index in [4.69, 9.17) is 33.4 Å². The Labute approximate surface area is 131 Å². The van der Waals surface area contributed by atoms with Gasteiger partial charge in [-0.25, -0.2) is 9.59 Å². The molecule has 0 bridgehead atoms. The first-order chi connectivity index (χ1) is 9.93. The zero-order valence-electron chi connectivity index (χ0n) is 10.1. The summed E-state index contributed by atoms with van der Waals surface area (Å²) in [6.07, 6.45) is 0.